The fraction of sp³-hybridized carbons (Fsp3) is 0.300. The average molecular weight is 589 g/mol. The normalized spacial score (nSPS) is 12.0. The minimum atomic E-state index is -1.08. The molecule has 2 aromatic carbocycles. The lowest BCUT2D eigenvalue weighted by atomic mass is 10.1. The summed E-state index contributed by atoms with van der Waals surface area (Å²) < 4.78 is 9.78. The zero-order valence-corrected chi connectivity index (χ0v) is 24.6. The van der Waals surface area contributed by atoms with Gasteiger partial charge in [-0.15, -0.1) is 0 Å². The van der Waals surface area contributed by atoms with Gasteiger partial charge in [0.15, 0.2) is 0 Å². The molecule has 4 N–H and O–H groups in total. The quantitative estimate of drug-likeness (QED) is 0.234. The SMILES string of the molecule is Cc1nsc(Cc2cnc3ccccc3n2)c1C(=O)Nc1cccc(C(=O)NC(CCC(N)=O)C(=O)OC(C)(C)C)c1. The van der Waals surface area contributed by atoms with Crippen molar-refractivity contribution in [3.8, 4) is 0 Å². The van der Waals surface area contributed by atoms with Crippen LogP contribution in [0.5, 0.6) is 0 Å². The lowest BCUT2D eigenvalue weighted by molar-refractivity contribution is -0.157. The summed E-state index contributed by atoms with van der Waals surface area (Å²) in [5.41, 5.74) is 8.30. The van der Waals surface area contributed by atoms with Crippen LogP contribution in [0, 0.1) is 6.92 Å². The molecular weight excluding hydrogens is 556 g/mol. The van der Waals surface area contributed by atoms with Crippen molar-refractivity contribution in [1.82, 2.24) is 19.7 Å². The van der Waals surface area contributed by atoms with E-state index < -0.39 is 29.4 Å². The van der Waals surface area contributed by atoms with Crippen molar-refractivity contribution in [2.24, 2.45) is 5.73 Å². The van der Waals surface area contributed by atoms with E-state index in [-0.39, 0.29) is 24.3 Å². The van der Waals surface area contributed by atoms with Crippen LogP contribution >= 0.6 is 11.5 Å². The molecule has 2 heterocycles. The van der Waals surface area contributed by atoms with E-state index in [0.29, 0.717) is 29.1 Å². The molecule has 0 saturated heterocycles. The van der Waals surface area contributed by atoms with E-state index in [2.05, 4.69) is 25.0 Å². The first-order chi connectivity index (χ1) is 19.9. The van der Waals surface area contributed by atoms with Gasteiger partial charge in [0, 0.05) is 35.2 Å². The number of nitrogens with zero attached hydrogens (tertiary/aromatic N) is 3. The molecule has 0 aliphatic heterocycles. The number of aromatic nitrogens is 3. The van der Waals surface area contributed by atoms with Crippen LogP contribution in [-0.4, -0.2) is 49.7 Å². The number of ether oxygens (including phenoxy) is 1. The molecule has 2 aromatic heterocycles. The number of carbonyl (C=O) groups is 4. The number of nitrogens with one attached hydrogen (secondary N) is 2. The Hall–Kier alpha value is -4.71. The maximum Gasteiger partial charge on any atom is 0.329 e. The molecule has 1 unspecified atom stereocenters. The van der Waals surface area contributed by atoms with Gasteiger partial charge in [-0.1, -0.05) is 18.2 Å². The molecule has 3 amide bonds. The molecule has 12 heteroatoms. The number of rotatable bonds is 10. The fourth-order valence-electron chi connectivity index (χ4n) is 4.16. The Morgan fingerprint density at radius 3 is 2.48 bits per heavy atom. The number of amides is 3. The number of hydrogen-bond acceptors (Lipinski definition) is 9. The van der Waals surface area contributed by atoms with Gasteiger partial charge in [-0.25, -0.2) is 9.78 Å². The largest absolute Gasteiger partial charge is 0.458 e. The number of nitrogens with two attached hydrogens (primary N) is 1. The predicted molar refractivity (Wildman–Crippen MR) is 159 cm³/mol. The van der Waals surface area contributed by atoms with Gasteiger partial charge in [-0.2, -0.15) is 4.37 Å². The van der Waals surface area contributed by atoms with Crippen LogP contribution in [0.1, 0.15) is 70.6 Å². The van der Waals surface area contributed by atoms with Crippen LogP contribution in [0.4, 0.5) is 5.69 Å². The second-order valence-corrected chi connectivity index (χ2v) is 11.6. The molecule has 0 aliphatic carbocycles. The number of primary amides is 1. The first-order valence-corrected chi connectivity index (χ1v) is 14.1. The molecule has 1 atom stereocenters. The highest BCUT2D eigenvalue weighted by molar-refractivity contribution is 7.06. The second kappa shape index (κ2) is 12.9. The van der Waals surface area contributed by atoms with E-state index in [9.17, 15) is 19.2 Å². The summed E-state index contributed by atoms with van der Waals surface area (Å²) in [6.07, 6.45) is 1.95. The van der Waals surface area contributed by atoms with Gasteiger partial charge in [0.2, 0.25) is 5.91 Å². The third-order valence-electron chi connectivity index (χ3n) is 6.06. The van der Waals surface area contributed by atoms with E-state index in [1.54, 1.807) is 52.1 Å². The zero-order chi connectivity index (χ0) is 30.4. The Morgan fingerprint density at radius 2 is 1.76 bits per heavy atom. The van der Waals surface area contributed by atoms with Gasteiger partial charge in [0.1, 0.15) is 11.6 Å². The minimum absolute atomic E-state index is 0.0127. The number of benzene rings is 2. The van der Waals surface area contributed by atoms with Crippen LogP contribution in [-0.2, 0) is 20.7 Å². The molecule has 0 aliphatic rings. The minimum Gasteiger partial charge on any atom is -0.458 e. The van der Waals surface area contributed by atoms with Crippen LogP contribution in [0.3, 0.4) is 0 Å². The van der Waals surface area contributed by atoms with Crippen molar-refractivity contribution in [3.05, 3.63) is 82.1 Å². The van der Waals surface area contributed by atoms with Crippen LogP contribution in [0.2, 0.25) is 0 Å². The summed E-state index contributed by atoms with van der Waals surface area (Å²) in [7, 11) is 0. The first-order valence-electron chi connectivity index (χ1n) is 13.3. The molecule has 0 radical (unpaired) electrons. The lowest BCUT2D eigenvalue weighted by Crippen LogP contribution is -2.44. The fourth-order valence-corrected chi connectivity index (χ4v) is 5.04. The van der Waals surface area contributed by atoms with Crippen LogP contribution in [0.15, 0.2) is 54.7 Å². The molecule has 11 nitrogen and oxygen atoms in total. The molecule has 4 aromatic rings. The third-order valence-corrected chi connectivity index (χ3v) is 6.99. The standard InChI is InChI=1S/C30H32N6O5S/c1-17-26(24(42-36-17)15-20-16-32-21-10-5-6-11-22(21)33-20)28(39)34-19-9-7-8-18(14-19)27(38)35-23(12-13-25(31)37)29(40)41-30(2,3)4/h5-11,14,16,23H,12-13,15H2,1-4H3,(H2,31,37)(H,34,39)(H,35,38). The molecule has 0 spiro atoms. The molecule has 218 valence electrons. The number of carbonyl (C=O) groups excluding carboxylic acids is 4. The second-order valence-electron chi connectivity index (χ2n) is 10.7. The summed E-state index contributed by atoms with van der Waals surface area (Å²) in [5, 5.41) is 5.46. The topological polar surface area (TPSA) is 166 Å². The third kappa shape index (κ3) is 7.94. The number of anilines is 1. The van der Waals surface area contributed by atoms with E-state index in [0.717, 1.165) is 15.9 Å². The Kier molecular flexibility index (Phi) is 9.26. The lowest BCUT2D eigenvalue weighted by Gasteiger charge is -2.24. The predicted octanol–water partition coefficient (Wildman–Crippen LogP) is 3.94. The van der Waals surface area contributed by atoms with Gasteiger partial charge in [0.25, 0.3) is 11.8 Å². The number of para-hydroxylation sites is 2. The van der Waals surface area contributed by atoms with Gasteiger partial charge < -0.3 is 21.1 Å². The first kappa shape index (κ1) is 30.3. The van der Waals surface area contributed by atoms with Gasteiger partial charge in [0.05, 0.1) is 28.0 Å². The van der Waals surface area contributed by atoms with Crippen molar-refractivity contribution < 1.29 is 23.9 Å². The summed E-state index contributed by atoms with van der Waals surface area (Å²) >= 11 is 1.22. The Balaban J connectivity index is 1.48. The van der Waals surface area contributed by atoms with Gasteiger partial charge in [-0.05, 0) is 76.0 Å². The molecular formula is C30H32N6O5S. The number of fused-ring (bicyclic) bond motifs is 1. The number of esters is 1. The summed E-state index contributed by atoms with van der Waals surface area (Å²) in [4.78, 5) is 60.3. The molecule has 0 fully saturated rings. The van der Waals surface area contributed by atoms with Crippen molar-refractivity contribution in [3.63, 3.8) is 0 Å². The zero-order valence-electron chi connectivity index (χ0n) is 23.8. The van der Waals surface area contributed by atoms with E-state index >= 15 is 0 Å². The van der Waals surface area contributed by atoms with Gasteiger partial charge in [-0.3, -0.25) is 19.4 Å². The van der Waals surface area contributed by atoms with E-state index in [1.165, 1.54) is 17.6 Å². The number of aryl methyl sites for hydroxylation is 1. The van der Waals surface area contributed by atoms with Crippen molar-refractivity contribution >= 4 is 51.9 Å². The Morgan fingerprint density at radius 1 is 1.02 bits per heavy atom. The van der Waals surface area contributed by atoms with E-state index in [4.69, 9.17) is 10.5 Å². The molecule has 0 bridgehead atoms. The highest BCUT2D eigenvalue weighted by Gasteiger charge is 2.27. The smallest absolute Gasteiger partial charge is 0.329 e. The summed E-state index contributed by atoms with van der Waals surface area (Å²) in [6, 6.07) is 12.8. The Bertz CT molecular complexity index is 1640. The Labute approximate surface area is 247 Å². The van der Waals surface area contributed by atoms with Crippen LogP contribution < -0.4 is 16.4 Å². The highest BCUT2D eigenvalue weighted by atomic mass is 32.1. The van der Waals surface area contributed by atoms with Crippen LogP contribution in [0.25, 0.3) is 11.0 Å². The maximum absolute atomic E-state index is 13.4. The molecule has 42 heavy (non-hydrogen) atoms. The van der Waals surface area contributed by atoms with Crippen molar-refractivity contribution in [2.75, 3.05) is 5.32 Å². The highest BCUT2D eigenvalue weighted by Crippen LogP contribution is 2.24. The van der Waals surface area contributed by atoms with Crippen molar-refractivity contribution in [1.29, 1.82) is 0 Å². The molecule has 4 rings (SSSR count). The monoisotopic (exact) mass is 588 g/mol. The number of hydrogen-bond donors (Lipinski definition) is 3. The maximum atomic E-state index is 13.4. The average Bonchev–Trinajstić information content (AvgIpc) is 3.29. The summed E-state index contributed by atoms with van der Waals surface area (Å²) in [6.45, 7) is 6.87. The molecule has 0 saturated carbocycles. The van der Waals surface area contributed by atoms with Crippen molar-refractivity contribution in [2.45, 2.75) is 58.6 Å². The van der Waals surface area contributed by atoms with Gasteiger partial charge >= 0.3 is 5.97 Å². The van der Waals surface area contributed by atoms with E-state index in [1.807, 2.05) is 24.3 Å². The summed E-state index contributed by atoms with van der Waals surface area (Å²) in [5.74, 6) is -2.23.